The van der Waals surface area contributed by atoms with E-state index in [4.69, 9.17) is 41.2 Å². The largest absolute Gasteiger partial charge is 0.389 e. The van der Waals surface area contributed by atoms with E-state index >= 15 is 0 Å². The minimum absolute atomic E-state index is 0.148. The molecule has 21 heavy (non-hydrogen) atoms. The molecule has 0 amide bonds. The van der Waals surface area contributed by atoms with E-state index < -0.39 is 5.82 Å². The van der Waals surface area contributed by atoms with Gasteiger partial charge in [-0.2, -0.15) is 0 Å². The van der Waals surface area contributed by atoms with Gasteiger partial charge in [-0.3, -0.25) is 0 Å². The van der Waals surface area contributed by atoms with Crippen molar-refractivity contribution in [3.63, 3.8) is 0 Å². The summed E-state index contributed by atoms with van der Waals surface area (Å²) in [7, 11) is 0. The van der Waals surface area contributed by atoms with Crippen LogP contribution in [0, 0.1) is 19.7 Å². The van der Waals surface area contributed by atoms with Crippen LogP contribution >= 0.6 is 35.4 Å². The Hall–Kier alpha value is -1.43. The van der Waals surface area contributed by atoms with Crippen molar-refractivity contribution in [3.8, 4) is 0 Å². The lowest BCUT2D eigenvalue weighted by molar-refractivity contribution is 0.628. The van der Waals surface area contributed by atoms with Crippen molar-refractivity contribution in [2.24, 2.45) is 5.73 Å². The normalized spacial score (nSPS) is 10.5. The number of aromatic nitrogens is 1. The third kappa shape index (κ3) is 3.43. The standard InChI is InChI=1S/C14H12Cl2FN3S/c1-6-3-7(2)19-14(11(6)13(18)21)20-12-9(15)4-8(17)5-10(12)16/h3-5H,1-2H3,(H2,18,21)(H,19,20). The molecular weight excluding hydrogens is 332 g/mol. The van der Waals surface area contributed by atoms with Gasteiger partial charge in [-0.1, -0.05) is 35.4 Å². The summed E-state index contributed by atoms with van der Waals surface area (Å²) in [5.74, 6) is -0.0751. The molecule has 3 nitrogen and oxygen atoms in total. The molecular formula is C14H12Cl2FN3S. The number of nitrogens with two attached hydrogens (primary N) is 1. The number of hydrogen-bond acceptors (Lipinski definition) is 3. The van der Waals surface area contributed by atoms with Crippen molar-refractivity contribution in [2.45, 2.75) is 13.8 Å². The predicted octanol–water partition coefficient (Wildman–Crippen LogP) is 4.52. The molecule has 0 aliphatic heterocycles. The van der Waals surface area contributed by atoms with Crippen LogP contribution in [0.1, 0.15) is 16.8 Å². The smallest absolute Gasteiger partial charge is 0.141 e. The topological polar surface area (TPSA) is 50.9 Å². The average molecular weight is 344 g/mol. The first-order valence-corrected chi connectivity index (χ1v) is 7.15. The van der Waals surface area contributed by atoms with Crippen LogP contribution in [-0.4, -0.2) is 9.97 Å². The highest BCUT2D eigenvalue weighted by Gasteiger charge is 2.15. The highest BCUT2D eigenvalue weighted by molar-refractivity contribution is 7.80. The Bertz CT molecular complexity index is 711. The van der Waals surface area contributed by atoms with E-state index in [0.29, 0.717) is 17.1 Å². The number of pyridine rings is 1. The number of benzene rings is 1. The summed E-state index contributed by atoms with van der Waals surface area (Å²) in [6, 6.07) is 4.20. The maximum atomic E-state index is 13.2. The third-order valence-corrected chi connectivity index (χ3v) is 3.64. The summed E-state index contributed by atoms with van der Waals surface area (Å²) < 4.78 is 13.2. The Morgan fingerprint density at radius 2 is 1.81 bits per heavy atom. The second-order valence-corrected chi connectivity index (χ2v) is 5.79. The van der Waals surface area contributed by atoms with Crippen LogP contribution in [0.25, 0.3) is 0 Å². The summed E-state index contributed by atoms with van der Waals surface area (Å²) in [4.78, 5) is 4.57. The Kier molecular flexibility index (Phi) is 4.66. The van der Waals surface area contributed by atoms with Crippen molar-refractivity contribution < 1.29 is 4.39 Å². The summed E-state index contributed by atoms with van der Waals surface area (Å²) >= 11 is 17.1. The Balaban J connectivity index is 2.57. The van der Waals surface area contributed by atoms with Crippen molar-refractivity contribution in [2.75, 3.05) is 5.32 Å². The molecule has 0 radical (unpaired) electrons. The lowest BCUT2D eigenvalue weighted by atomic mass is 10.1. The van der Waals surface area contributed by atoms with E-state index in [2.05, 4.69) is 10.3 Å². The number of rotatable bonds is 3. The van der Waals surface area contributed by atoms with Gasteiger partial charge in [-0.05, 0) is 37.6 Å². The third-order valence-electron chi connectivity index (χ3n) is 2.84. The van der Waals surface area contributed by atoms with Crippen LogP contribution in [0.2, 0.25) is 10.0 Å². The van der Waals surface area contributed by atoms with Crippen LogP contribution in [0.4, 0.5) is 15.9 Å². The summed E-state index contributed by atoms with van der Waals surface area (Å²) in [5.41, 5.74) is 8.37. The number of nitrogens with one attached hydrogen (secondary N) is 1. The van der Waals surface area contributed by atoms with E-state index in [0.717, 1.165) is 11.3 Å². The average Bonchev–Trinajstić information content (AvgIpc) is 2.32. The molecule has 0 saturated carbocycles. The maximum absolute atomic E-state index is 13.2. The molecule has 0 bridgehead atoms. The molecule has 7 heteroatoms. The van der Waals surface area contributed by atoms with Gasteiger partial charge in [0.1, 0.15) is 16.6 Å². The van der Waals surface area contributed by atoms with Crippen LogP contribution < -0.4 is 11.1 Å². The van der Waals surface area contributed by atoms with Crippen molar-refractivity contribution in [1.29, 1.82) is 0 Å². The van der Waals surface area contributed by atoms with Gasteiger partial charge in [-0.25, -0.2) is 9.37 Å². The number of halogens is 3. The molecule has 2 rings (SSSR count). The summed E-state index contributed by atoms with van der Waals surface area (Å²) in [5, 5.41) is 3.29. The van der Waals surface area contributed by atoms with Gasteiger partial charge in [0.05, 0.1) is 21.3 Å². The number of hydrogen-bond donors (Lipinski definition) is 2. The zero-order chi connectivity index (χ0) is 15.7. The van der Waals surface area contributed by atoms with E-state index in [9.17, 15) is 4.39 Å². The van der Waals surface area contributed by atoms with E-state index in [1.54, 1.807) is 0 Å². The predicted molar refractivity (Wildman–Crippen MR) is 89.3 cm³/mol. The zero-order valence-electron chi connectivity index (χ0n) is 11.3. The zero-order valence-corrected chi connectivity index (χ0v) is 13.6. The van der Waals surface area contributed by atoms with Gasteiger partial charge in [0, 0.05) is 5.69 Å². The Morgan fingerprint density at radius 1 is 1.24 bits per heavy atom. The lowest BCUT2D eigenvalue weighted by Crippen LogP contribution is -2.15. The van der Waals surface area contributed by atoms with Crippen molar-refractivity contribution >= 4 is 51.9 Å². The molecule has 1 aromatic carbocycles. The second kappa shape index (κ2) is 6.13. The van der Waals surface area contributed by atoms with Crippen LogP contribution in [0.15, 0.2) is 18.2 Å². The molecule has 0 aliphatic rings. The van der Waals surface area contributed by atoms with Gasteiger partial charge in [0.15, 0.2) is 0 Å². The minimum atomic E-state index is -0.515. The molecule has 110 valence electrons. The molecule has 0 unspecified atom stereocenters. The molecule has 0 fully saturated rings. The first-order chi connectivity index (χ1) is 9.79. The van der Waals surface area contributed by atoms with Crippen molar-refractivity contribution in [3.05, 3.63) is 50.9 Å². The van der Waals surface area contributed by atoms with Gasteiger partial charge >= 0.3 is 0 Å². The minimum Gasteiger partial charge on any atom is -0.389 e. The molecule has 0 atom stereocenters. The first kappa shape index (κ1) is 15.9. The van der Waals surface area contributed by atoms with E-state index in [1.807, 2.05) is 19.9 Å². The highest BCUT2D eigenvalue weighted by Crippen LogP contribution is 2.34. The van der Waals surface area contributed by atoms with Gasteiger partial charge in [0.25, 0.3) is 0 Å². The van der Waals surface area contributed by atoms with Gasteiger partial charge in [0.2, 0.25) is 0 Å². The quantitative estimate of drug-likeness (QED) is 0.804. The fourth-order valence-electron chi connectivity index (χ4n) is 2.02. The fourth-order valence-corrected chi connectivity index (χ4v) is 2.83. The maximum Gasteiger partial charge on any atom is 0.141 e. The molecule has 1 aromatic heterocycles. The fraction of sp³-hybridized carbons (Fsp3) is 0.143. The van der Waals surface area contributed by atoms with Crippen LogP contribution in [0.3, 0.4) is 0 Å². The van der Waals surface area contributed by atoms with Crippen molar-refractivity contribution in [1.82, 2.24) is 4.98 Å². The number of nitrogens with zero attached hydrogens (tertiary/aromatic N) is 1. The highest BCUT2D eigenvalue weighted by atomic mass is 35.5. The number of anilines is 2. The van der Waals surface area contributed by atoms with Gasteiger partial charge in [-0.15, -0.1) is 0 Å². The molecule has 0 spiro atoms. The molecule has 0 aliphatic carbocycles. The molecule has 2 aromatic rings. The second-order valence-electron chi connectivity index (χ2n) is 4.54. The van der Waals surface area contributed by atoms with E-state index in [1.165, 1.54) is 12.1 Å². The Morgan fingerprint density at radius 3 is 2.33 bits per heavy atom. The molecule has 3 N–H and O–H groups in total. The summed E-state index contributed by atoms with van der Waals surface area (Å²) in [6.07, 6.45) is 0. The number of aryl methyl sites for hydroxylation is 2. The summed E-state index contributed by atoms with van der Waals surface area (Å²) in [6.45, 7) is 3.72. The first-order valence-electron chi connectivity index (χ1n) is 5.99. The number of thiocarbonyl (C=S) groups is 1. The lowest BCUT2D eigenvalue weighted by Gasteiger charge is -2.15. The van der Waals surface area contributed by atoms with Crippen LogP contribution in [0.5, 0.6) is 0 Å². The van der Waals surface area contributed by atoms with E-state index in [-0.39, 0.29) is 15.0 Å². The monoisotopic (exact) mass is 343 g/mol. The Labute approximate surface area is 137 Å². The SMILES string of the molecule is Cc1cc(C)c(C(N)=S)c(Nc2c(Cl)cc(F)cc2Cl)n1. The van der Waals surface area contributed by atoms with Crippen LogP contribution in [-0.2, 0) is 0 Å². The van der Waals surface area contributed by atoms with Gasteiger partial charge < -0.3 is 11.1 Å². The molecule has 0 saturated heterocycles. The molecule has 1 heterocycles.